The van der Waals surface area contributed by atoms with Gasteiger partial charge in [0, 0.05) is 14.5 Å². The van der Waals surface area contributed by atoms with Crippen LogP contribution in [0.4, 0.5) is 0 Å². The summed E-state index contributed by atoms with van der Waals surface area (Å²) in [4.78, 5) is 2.45. The maximum absolute atomic E-state index is 9.44. The number of hydrogen-bond donors (Lipinski definition) is 1. The maximum atomic E-state index is 9.44. The van der Waals surface area contributed by atoms with Crippen LogP contribution in [0.3, 0.4) is 0 Å². The number of phenols is 1. The van der Waals surface area contributed by atoms with E-state index in [1.54, 1.807) is 23.1 Å². The summed E-state index contributed by atoms with van der Waals surface area (Å²) < 4.78 is 1.28. The van der Waals surface area contributed by atoms with Gasteiger partial charge < -0.3 is 5.11 Å². The summed E-state index contributed by atoms with van der Waals surface area (Å²) in [5.41, 5.74) is 0. The minimum Gasteiger partial charge on any atom is -0.508 e. The largest absolute Gasteiger partial charge is 0.508 e. The van der Waals surface area contributed by atoms with Crippen molar-refractivity contribution in [3.05, 3.63) is 23.1 Å². The topological polar surface area (TPSA) is 20.2 Å². The summed E-state index contributed by atoms with van der Waals surface area (Å²) in [6.07, 6.45) is 2.03. The lowest BCUT2D eigenvalue weighted by Gasteiger charge is -1.99. The van der Waals surface area contributed by atoms with Crippen molar-refractivity contribution in [2.24, 2.45) is 0 Å². The highest BCUT2D eigenvalue weighted by molar-refractivity contribution is 7.99. The maximum Gasteiger partial charge on any atom is 0.117 e. The first-order valence-corrected chi connectivity index (χ1v) is 6.02. The average molecular weight is 210 g/mol. The number of fused-ring (bicyclic) bond motifs is 1. The second kappa shape index (κ2) is 3.24. The van der Waals surface area contributed by atoms with E-state index < -0.39 is 0 Å². The van der Waals surface area contributed by atoms with Gasteiger partial charge in [0.2, 0.25) is 0 Å². The fourth-order valence-corrected chi connectivity index (χ4v) is 3.21. The Morgan fingerprint density at radius 2 is 2.08 bits per heavy atom. The van der Waals surface area contributed by atoms with Crippen molar-refractivity contribution < 1.29 is 5.11 Å². The molecule has 68 valence electrons. The molecule has 0 fully saturated rings. The van der Waals surface area contributed by atoms with Gasteiger partial charge in [-0.15, -0.1) is 23.1 Å². The molecular formula is C10H10OS2. The van der Waals surface area contributed by atoms with Gasteiger partial charge in [0.15, 0.2) is 0 Å². The lowest BCUT2D eigenvalue weighted by atomic mass is 10.2. The molecule has 1 N–H and O–H groups in total. The Balaban J connectivity index is 2.80. The molecule has 0 spiro atoms. The molecule has 0 saturated heterocycles. The SMILES string of the molecule is CSc1cc(O)cc2cc(C)sc12. The molecule has 0 amide bonds. The summed E-state index contributed by atoms with van der Waals surface area (Å²) in [5, 5.41) is 10.6. The number of hydrogen-bond acceptors (Lipinski definition) is 3. The Kier molecular flexibility index (Phi) is 2.22. The summed E-state index contributed by atoms with van der Waals surface area (Å²) >= 11 is 3.46. The molecule has 0 radical (unpaired) electrons. The molecule has 2 rings (SSSR count). The van der Waals surface area contributed by atoms with Gasteiger partial charge in [-0.3, -0.25) is 0 Å². The number of thiophene rings is 1. The molecule has 2 aromatic rings. The second-order valence-electron chi connectivity index (χ2n) is 2.92. The first kappa shape index (κ1) is 8.91. The molecule has 1 aromatic carbocycles. The number of aromatic hydroxyl groups is 1. The Hall–Kier alpha value is -0.670. The van der Waals surface area contributed by atoms with Crippen LogP contribution in [0.5, 0.6) is 5.75 Å². The zero-order valence-electron chi connectivity index (χ0n) is 7.50. The Morgan fingerprint density at radius 1 is 1.31 bits per heavy atom. The molecule has 0 aliphatic rings. The molecule has 3 heteroatoms. The van der Waals surface area contributed by atoms with Crippen molar-refractivity contribution in [2.75, 3.05) is 6.26 Å². The smallest absolute Gasteiger partial charge is 0.117 e. The van der Waals surface area contributed by atoms with Crippen LogP contribution in [-0.4, -0.2) is 11.4 Å². The van der Waals surface area contributed by atoms with Gasteiger partial charge >= 0.3 is 0 Å². The molecule has 13 heavy (non-hydrogen) atoms. The van der Waals surface area contributed by atoms with Crippen LogP contribution in [0, 0.1) is 6.92 Å². The Labute approximate surface area is 85.4 Å². The van der Waals surface area contributed by atoms with Gasteiger partial charge in [-0.1, -0.05) is 0 Å². The third-order valence-corrected chi connectivity index (χ3v) is 3.90. The molecule has 1 nitrogen and oxygen atoms in total. The third-order valence-electron chi connectivity index (χ3n) is 1.91. The van der Waals surface area contributed by atoms with E-state index in [0.29, 0.717) is 5.75 Å². The minimum atomic E-state index is 0.356. The quantitative estimate of drug-likeness (QED) is 0.725. The fourth-order valence-electron chi connectivity index (χ4n) is 1.39. The molecule has 0 unspecified atom stereocenters. The standard InChI is InChI=1S/C10H10OS2/c1-6-3-7-4-8(11)5-9(12-2)10(7)13-6/h3-5,11H,1-2H3. The summed E-state index contributed by atoms with van der Waals surface area (Å²) in [6, 6.07) is 5.75. The highest BCUT2D eigenvalue weighted by atomic mass is 32.2. The molecule has 0 saturated carbocycles. The highest BCUT2D eigenvalue weighted by Gasteiger charge is 2.05. The van der Waals surface area contributed by atoms with Crippen molar-refractivity contribution in [2.45, 2.75) is 11.8 Å². The second-order valence-corrected chi connectivity index (χ2v) is 5.03. The van der Waals surface area contributed by atoms with Crippen molar-refractivity contribution in [1.29, 1.82) is 0 Å². The number of benzene rings is 1. The van der Waals surface area contributed by atoms with Crippen molar-refractivity contribution in [3.63, 3.8) is 0 Å². The van der Waals surface area contributed by atoms with Gasteiger partial charge in [0.25, 0.3) is 0 Å². The van der Waals surface area contributed by atoms with Gasteiger partial charge in [-0.05, 0) is 36.8 Å². The monoisotopic (exact) mass is 210 g/mol. The van der Waals surface area contributed by atoms with Gasteiger partial charge in [0.05, 0.1) is 0 Å². The molecule has 0 atom stereocenters. The Morgan fingerprint density at radius 3 is 2.77 bits per heavy atom. The van der Waals surface area contributed by atoms with E-state index in [1.165, 1.54) is 9.58 Å². The van der Waals surface area contributed by atoms with E-state index in [1.807, 2.05) is 18.4 Å². The van der Waals surface area contributed by atoms with Gasteiger partial charge in [-0.25, -0.2) is 0 Å². The number of rotatable bonds is 1. The van der Waals surface area contributed by atoms with Crippen LogP contribution in [0.1, 0.15) is 4.88 Å². The van der Waals surface area contributed by atoms with Crippen molar-refractivity contribution >= 4 is 33.2 Å². The summed E-state index contributed by atoms with van der Waals surface area (Å²) in [5.74, 6) is 0.356. The molecular weight excluding hydrogens is 200 g/mol. The van der Waals surface area contributed by atoms with E-state index in [2.05, 4.69) is 13.0 Å². The van der Waals surface area contributed by atoms with Crippen LogP contribution in [-0.2, 0) is 0 Å². The number of phenolic OH excluding ortho intramolecular Hbond substituents is 1. The van der Waals surface area contributed by atoms with E-state index in [-0.39, 0.29) is 0 Å². The van der Waals surface area contributed by atoms with Crippen LogP contribution >= 0.6 is 23.1 Å². The highest BCUT2D eigenvalue weighted by Crippen LogP contribution is 2.36. The first-order valence-electron chi connectivity index (χ1n) is 3.98. The summed E-state index contributed by atoms with van der Waals surface area (Å²) in [6.45, 7) is 2.09. The van der Waals surface area contributed by atoms with Crippen LogP contribution < -0.4 is 0 Å². The zero-order chi connectivity index (χ0) is 9.42. The molecule has 0 aliphatic carbocycles. The van der Waals surface area contributed by atoms with Crippen molar-refractivity contribution in [1.82, 2.24) is 0 Å². The van der Waals surface area contributed by atoms with Crippen LogP contribution in [0.25, 0.3) is 10.1 Å². The minimum absolute atomic E-state index is 0.356. The Bertz CT molecular complexity index is 445. The zero-order valence-corrected chi connectivity index (χ0v) is 9.13. The molecule has 0 bridgehead atoms. The first-order chi connectivity index (χ1) is 6.20. The predicted molar refractivity (Wildman–Crippen MR) is 60.0 cm³/mol. The molecule has 1 heterocycles. The molecule has 0 aliphatic heterocycles. The van der Waals surface area contributed by atoms with Gasteiger partial charge in [0.1, 0.15) is 5.75 Å². The molecule has 1 aromatic heterocycles. The van der Waals surface area contributed by atoms with Crippen LogP contribution in [0.15, 0.2) is 23.1 Å². The van der Waals surface area contributed by atoms with E-state index >= 15 is 0 Å². The van der Waals surface area contributed by atoms with E-state index in [9.17, 15) is 5.11 Å². The van der Waals surface area contributed by atoms with E-state index in [4.69, 9.17) is 0 Å². The lowest BCUT2D eigenvalue weighted by molar-refractivity contribution is 0.475. The van der Waals surface area contributed by atoms with Crippen LogP contribution in [0.2, 0.25) is 0 Å². The van der Waals surface area contributed by atoms with E-state index in [0.717, 1.165) is 10.3 Å². The van der Waals surface area contributed by atoms with Gasteiger partial charge in [-0.2, -0.15) is 0 Å². The summed E-state index contributed by atoms with van der Waals surface area (Å²) in [7, 11) is 0. The predicted octanol–water partition coefficient (Wildman–Crippen LogP) is 3.64. The average Bonchev–Trinajstić information content (AvgIpc) is 2.43. The normalized spacial score (nSPS) is 10.9. The lowest BCUT2D eigenvalue weighted by Crippen LogP contribution is -1.70. The number of thioether (sulfide) groups is 1. The van der Waals surface area contributed by atoms with Crippen molar-refractivity contribution in [3.8, 4) is 5.75 Å². The third kappa shape index (κ3) is 1.54. The number of aryl methyl sites for hydroxylation is 1. The fraction of sp³-hybridized carbons (Fsp3) is 0.200.